The minimum Gasteiger partial charge on any atom is -0.361 e. The number of hydrogen-bond donors (Lipinski definition) is 1. The summed E-state index contributed by atoms with van der Waals surface area (Å²) in [5, 5.41) is 7.98. The summed E-state index contributed by atoms with van der Waals surface area (Å²) >= 11 is 0. The number of nitrogens with two attached hydrogens (primary N) is 1. The highest BCUT2D eigenvalue weighted by molar-refractivity contribution is 5.85. The van der Waals surface area contributed by atoms with Crippen LogP contribution in [0.25, 0.3) is 11.5 Å². The molecule has 2 aromatic heterocycles. The predicted molar refractivity (Wildman–Crippen MR) is 70.9 cm³/mol. The van der Waals surface area contributed by atoms with Crippen molar-refractivity contribution in [3.63, 3.8) is 0 Å². The molecule has 19 heavy (non-hydrogen) atoms. The van der Waals surface area contributed by atoms with Crippen LogP contribution in [0, 0.1) is 6.92 Å². The van der Waals surface area contributed by atoms with Crippen LogP contribution in [0.4, 0.5) is 0 Å². The Balaban J connectivity index is 0.00000133. The molecule has 1 saturated carbocycles. The molecular weight excluding hydrogens is 268 g/mol. The largest absolute Gasteiger partial charge is 0.361 e. The Labute approximate surface area is 117 Å². The monoisotopic (exact) mass is 284 g/mol. The Morgan fingerprint density at radius 1 is 1.26 bits per heavy atom. The lowest BCUT2D eigenvalue weighted by molar-refractivity contribution is 0.229. The number of rotatable bonds is 3. The van der Waals surface area contributed by atoms with Gasteiger partial charge in [-0.25, -0.2) is 0 Å². The lowest BCUT2D eigenvalue weighted by Gasteiger charge is -2.34. The van der Waals surface area contributed by atoms with Crippen LogP contribution in [0.5, 0.6) is 0 Å². The molecule has 3 rings (SSSR count). The van der Waals surface area contributed by atoms with Gasteiger partial charge in [0.1, 0.15) is 11.3 Å². The van der Waals surface area contributed by atoms with Crippen LogP contribution < -0.4 is 5.73 Å². The Morgan fingerprint density at radius 2 is 2.00 bits per heavy atom. The number of aryl methyl sites for hydroxylation is 2. The zero-order valence-electron chi connectivity index (χ0n) is 11.0. The van der Waals surface area contributed by atoms with Gasteiger partial charge < -0.3 is 14.8 Å². The highest BCUT2D eigenvalue weighted by atomic mass is 35.5. The van der Waals surface area contributed by atoms with Crippen LogP contribution in [0.15, 0.2) is 9.05 Å². The van der Waals surface area contributed by atoms with Gasteiger partial charge in [-0.15, -0.1) is 12.4 Å². The topological polar surface area (TPSA) is 91.0 Å². The molecule has 2 N–H and O–H groups in total. The van der Waals surface area contributed by atoms with E-state index in [1.165, 1.54) is 0 Å². The van der Waals surface area contributed by atoms with Gasteiger partial charge in [0.25, 0.3) is 5.89 Å². The van der Waals surface area contributed by atoms with E-state index in [1.807, 2.05) is 13.8 Å². The lowest BCUT2D eigenvalue weighted by Crippen LogP contribution is -2.44. The highest BCUT2D eigenvalue weighted by Gasteiger charge is 2.39. The van der Waals surface area contributed by atoms with Crippen molar-refractivity contribution in [2.75, 3.05) is 0 Å². The molecule has 1 aliphatic rings. The number of nitrogens with zero attached hydrogens (tertiary/aromatic N) is 3. The molecule has 6 nitrogen and oxygen atoms in total. The minimum atomic E-state index is -0.404. The Kier molecular flexibility index (Phi) is 3.64. The Morgan fingerprint density at radius 3 is 2.58 bits per heavy atom. The molecule has 0 bridgehead atoms. The smallest absolute Gasteiger partial charge is 0.263 e. The lowest BCUT2D eigenvalue weighted by atomic mass is 9.77. The standard InChI is InChI=1S/C12H16N4O2.ClH/c1-3-8-9(7(2)17-15-8)10-14-11(16-18-10)12(13)5-4-6-12;/h3-6,13H2,1-2H3;1H. The van der Waals surface area contributed by atoms with Crippen molar-refractivity contribution in [3.8, 4) is 11.5 Å². The molecule has 0 amide bonds. The molecule has 7 heteroatoms. The zero-order chi connectivity index (χ0) is 12.8. The third-order valence-corrected chi connectivity index (χ3v) is 3.60. The number of halogens is 1. The summed E-state index contributed by atoms with van der Waals surface area (Å²) in [6.45, 7) is 3.85. The molecule has 0 atom stereocenters. The van der Waals surface area contributed by atoms with Crippen molar-refractivity contribution in [1.29, 1.82) is 0 Å². The first-order valence-corrected chi connectivity index (χ1v) is 6.22. The maximum atomic E-state index is 6.18. The molecule has 0 unspecified atom stereocenters. The first kappa shape index (κ1) is 14.0. The average Bonchev–Trinajstić information content (AvgIpc) is 2.92. The Hall–Kier alpha value is -1.40. The van der Waals surface area contributed by atoms with Gasteiger partial charge in [-0.1, -0.05) is 17.2 Å². The van der Waals surface area contributed by atoms with Gasteiger partial charge in [-0.3, -0.25) is 0 Å². The van der Waals surface area contributed by atoms with Crippen molar-refractivity contribution >= 4 is 12.4 Å². The van der Waals surface area contributed by atoms with Gasteiger partial charge in [-0.2, -0.15) is 4.98 Å². The van der Waals surface area contributed by atoms with Crippen molar-refractivity contribution in [3.05, 3.63) is 17.3 Å². The fourth-order valence-corrected chi connectivity index (χ4v) is 2.24. The van der Waals surface area contributed by atoms with Crippen LogP contribution in [0.2, 0.25) is 0 Å². The minimum absolute atomic E-state index is 0. The second-order valence-corrected chi connectivity index (χ2v) is 4.85. The first-order chi connectivity index (χ1) is 8.64. The fourth-order valence-electron chi connectivity index (χ4n) is 2.24. The molecule has 0 aromatic carbocycles. The molecule has 104 valence electrons. The average molecular weight is 285 g/mol. The van der Waals surface area contributed by atoms with E-state index in [-0.39, 0.29) is 12.4 Å². The van der Waals surface area contributed by atoms with Gasteiger partial charge in [-0.05, 0) is 32.6 Å². The van der Waals surface area contributed by atoms with Gasteiger partial charge in [0.05, 0.1) is 11.2 Å². The molecular formula is C12H17ClN4O2. The van der Waals surface area contributed by atoms with E-state index < -0.39 is 5.54 Å². The SMILES string of the molecule is CCc1noc(C)c1-c1nc(C2(N)CCC2)no1.Cl. The highest BCUT2D eigenvalue weighted by Crippen LogP contribution is 2.38. The molecule has 1 fully saturated rings. The molecule has 0 spiro atoms. The Bertz CT molecular complexity index is 574. The van der Waals surface area contributed by atoms with E-state index >= 15 is 0 Å². The van der Waals surface area contributed by atoms with Crippen LogP contribution >= 0.6 is 12.4 Å². The van der Waals surface area contributed by atoms with E-state index in [4.69, 9.17) is 14.8 Å². The van der Waals surface area contributed by atoms with Gasteiger partial charge in [0.2, 0.25) is 0 Å². The molecule has 0 aliphatic heterocycles. The maximum Gasteiger partial charge on any atom is 0.263 e. The van der Waals surface area contributed by atoms with Crippen molar-refractivity contribution in [2.45, 2.75) is 45.1 Å². The van der Waals surface area contributed by atoms with Crippen LogP contribution in [0.1, 0.15) is 43.5 Å². The summed E-state index contributed by atoms with van der Waals surface area (Å²) in [6, 6.07) is 0. The van der Waals surface area contributed by atoms with Crippen molar-refractivity contribution < 1.29 is 9.05 Å². The number of hydrogen-bond acceptors (Lipinski definition) is 6. The first-order valence-electron chi connectivity index (χ1n) is 6.22. The molecule has 1 aliphatic carbocycles. The van der Waals surface area contributed by atoms with E-state index in [0.717, 1.165) is 36.9 Å². The van der Waals surface area contributed by atoms with Crippen LogP contribution in [-0.4, -0.2) is 15.3 Å². The van der Waals surface area contributed by atoms with Crippen LogP contribution in [0.3, 0.4) is 0 Å². The summed E-state index contributed by atoms with van der Waals surface area (Å²) < 4.78 is 10.5. The zero-order valence-corrected chi connectivity index (χ0v) is 11.8. The van der Waals surface area contributed by atoms with Gasteiger partial charge in [0, 0.05) is 0 Å². The molecule has 0 saturated heterocycles. The van der Waals surface area contributed by atoms with E-state index in [1.54, 1.807) is 0 Å². The summed E-state index contributed by atoms with van der Waals surface area (Å²) in [7, 11) is 0. The van der Waals surface area contributed by atoms with E-state index in [0.29, 0.717) is 17.5 Å². The third kappa shape index (κ3) is 2.15. The summed E-state index contributed by atoms with van der Waals surface area (Å²) in [4.78, 5) is 4.41. The summed E-state index contributed by atoms with van der Waals surface area (Å²) in [5.41, 5.74) is 7.41. The van der Waals surface area contributed by atoms with E-state index in [2.05, 4.69) is 15.3 Å². The second-order valence-electron chi connectivity index (χ2n) is 4.85. The fraction of sp³-hybridized carbons (Fsp3) is 0.583. The predicted octanol–water partition coefficient (Wildman–Crippen LogP) is 2.36. The molecule has 0 radical (unpaired) electrons. The maximum absolute atomic E-state index is 6.18. The third-order valence-electron chi connectivity index (χ3n) is 3.60. The quantitative estimate of drug-likeness (QED) is 0.930. The number of aromatic nitrogens is 3. The molecule has 2 aromatic rings. The van der Waals surface area contributed by atoms with Crippen LogP contribution in [-0.2, 0) is 12.0 Å². The molecule has 2 heterocycles. The van der Waals surface area contributed by atoms with Crippen molar-refractivity contribution in [2.24, 2.45) is 5.73 Å². The summed E-state index contributed by atoms with van der Waals surface area (Å²) in [6.07, 6.45) is 3.70. The summed E-state index contributed by atoms with van der Waals surface area (Å²) in [5.74, 6) is 1.74. The van der Waals surface area contributed by atoms with E-state index in [9.17, 15) is 0 Å². The van der Waals surface area contributed by atoms with Gasteiger partial charge in [0.15, 0.2) is 5.82 Å². The second kappa shape index (κ2) is 4.94. The normalized spacial score (nSPS) is 16.8. The van der Waals surface area contributed by atoms with Crippen molar-refractivity contribution in [1.82, 2.24) is 15.3 Å². The van der Waals surface area contributed by atoms with Gasteiger partial charge >= 0.3 is 0 Å².